The molecule has 106 heavy (non-hydrogen) atoms. The fourth-order valence-electron chi connectivity index (χ4n) is 13.6. The van der Waals surface area contributed by atoms with Crippen LogP contribution in [0.25, 0.3) is 0 Å². The van der Waals surface area contributed by atoms with Gasteiger partial charge in [0.1, 0.15) is 19.3 Å². The first-order chi connectivity index (χ1) is 51.5. The van der Waals surface area contributed by atoms with Gasteiger partial charge in [-0.25, -0.2) is 9.13 Å². The zero-order valence-electron chi connectivity index (χ0n) is 69.6. The van der Waals surface area contributed by atoms with Gasteiger partial charge in [-0.2, -0.15) is 0 Å². The minimum Gasteiger partial charge on any atom is -0.462 e. The molecular formula is C87H170O17P2. The molecule has 0 saturated heterocycles. The Morgan fingerprint density at radius 1 is 0.255 bits per heavy atom. The second-order valence-corrected chi connectivity index (χ2v) is 34.7. The summed E-state index contributed by atoms with van der Waals surface area (Å²) in [6.07, 6.45) is 73.5. The molecule has 0 aliphatic heterocycles. The van der Waals surface area contributed by atoms with E-state index in [2.05, 4.69) is 34.6 Å². The molecule has 0 fully saturated rings. The fraction of sp³-hybridized carbons (Fsp3) is 0.954. The van der Waals surface area contributed by atoms with Crippen LogP contribution in [0.15, 0.2) is 0 Å². The van der Waals surface area contributed by atoms with E-state index in [-0.39, 0.29) is 25.7 Å². The summed E-state index contributed by atoms with van der Waals surface area (Å²) in [5.74, 6) is -1.29. The highest BCUT2D eigenvalue weighted by molar-refractivity contribution is 7.47. The Balaban J connectivity index is 5.25. The molecule has 0 spiro atoms. The van der Waals surface area contributed by atoms with Gasteiger partial charge in [0.05, 0.1) is 26.4 Å². The first kappa shape index (κ1) is 104. The zero-order valence-corrected chi connectivity index (χ0v) is 71.4. The Morgan fingerprint density at radius 3 is 0.642 bits per heavy atom. The second-order valence-electron chi connectivity index (χ2n) is 31.8. The van der Waals surface area contributed by atoms with E-state index in [0.717, 1.165) is 95.8 Å². The second kappa shape index (κ2) is 79.7. The standard InChI is InChI=1S/C87H170O17P2/c1-6-9-12-15-18-21-24-27-29-31-32-33-38-41-46-51-56-61-66-71-85(90)98-77-83(104-87(92)73-68-63-58-53-48-43-39-35-34-36-40-44-49-54-59-64-69-80(4)5)79-102-106(95,96)100-75-81(88)74-99-105(93,94)101-78-82(76-97-84(89)70-65-60-55-50-45-26-23-20-17-14-11-8-3)103-86(91)72-67-62-57-52-47-42-37-30-28-25-22-19-16-13-10-7-2/h80-83,88H,6-79H2,1-5H3,(H,93,94)(H,95,96)/t81-,82+,83+/m0/s1. The van der Waals surface area contributed by atoms with Crippen LogP contribution in [0.3, 0.4) is 0 Å². The first-order valence-corrected chi connectivity index (χ1v) is 48.1. The molecule has 19 heteroatoms. The molecule has 0 aromatic carbocycles. The predicted molar refractivity (Wildman–Crippen MR) is 437 cm³/mol. The molecule has 0 bridgehead atoms. The number of unbranched alkanes of at least 4 members (excludes halogenated alkanes) is 59. The normalized spacial score (nSPS) is 13.7. The zero-order chi connectivity index (χ0) is 77.6. The number of aliphatic hydroxyl groups is 1. The van der Waals surface area contributed by atoms with Gasteiger partial charge < -0.3 is 33.8 Å². The van der Waals surface area contributed by atoms with Crippen molar-refractivity contribution in [2.75, 3.05) is 39.6 Å². The minimum atomic E-state index is -4.97. The quantitative estimate of drug-likeness (QED) is 0.0222. The van der Waals surface area contributed by atoms with Crippen molar-refractivity contribution in [3.05, 3.63) is 0 Å². The van der Waals surface area contributed by atoms with Crippen molar-refractivity contribution in [3.63, 3.8) is 0 Å². The third-order valence-corrected chi connectivity index (χ3v) is 22.4. The molecule has 0 saturated carbocycles. The van der Waals surface area contributed by atoms with Crippen LogP contribution in [0.2, 0.25) is 0 Å². The lowest BCUT2D eigenvalue weighted by Crippen LogP contribution is -2.30. The van der Waals surface area contributed by atoms with Gasteiger partial charge in [0.15, 0.2) is 12.2 Å². The van der Waals surface area contributed by atoms with E-state index in [1.165, 1.54) is 295 Å². The fourth-order valence-corrected chi connectivity index (χ4v) is 15.2. The van der Waals surface area contributed by atoms with Gasteiger partial charge in [0, 0.05) is 25.7 Å². The Kier molecular flexibility index (Phi) is 78.2. The number of aliphatic hydroxyl groups excluding tert-OH is 1. The van der Waals surface area contributed by atoms with Crippen LogP contribution in [0, 0.1) is 5.92 Å². The molecule has 0 heterocycles. The molecule has 0 amide bonds. The molecule has 0 aromatic rings. The summed E-state index contributed by atoms with van der Waals surface area (Å²) in [4.78, 5) is 73.3. The van der Waals surface area contributed by atoms with Crippen molar-refractivity contribution in [2.24, 2.45) is 5.92 Å². The van der Waals surface area contributed by atoms with Crippen LogP contribution >= 0.6 is 15.6 Å². The molecule has 630 valence electrons. The van der Waals surface area contributed by atoms with Crippen molar-refractivity contribution in [3.8, 4) is 0 Å². The molecule has 3 N–H and O–H groups in total. The molecule has 0 aliphatic rings. The average Bonchev–Trinajstić information content (AvgIpc) is 0.903. The van der Waals surface area contributed by atoms with E-state index in [9.17, 15) is 43.2 Å². The molecule has 0 aliphatic carbocycles. The summed E-state index contributed by atoms with van der Waals surface area (Å²) in [7, 11) is -9.93. The lowest BCUT2D eigenvalue weighted by molar-refractivity contribution is -0.161. The first-order valence-electron chi connectivity index (χ1n) is 45.1. The number of ether oxygens (including phenoxy) is 4. The van der Waals surface area contributed by atoms with Crippen molar-refractivity contribution in [1.29, 1.82) is 0 Å². The van der Waals surface area contributed by atoms with Crippen LogP contribution in [0.4, 0.5) is 0 Å². The van der Waals surface area contributed by atoms with Gasteiger partial charge in [-0.1, -0.05) is 420 Å². The molecule has 17 nitrogen and oxygen atoms in total. The Bertz CT molecular complexity index is 2010. The molecule has 0 aromatic heterocycles. The Morgan fingerprint density at radius 2 is 0.434 bits per heavy atom. The SMILES string of the molecule is CCCCCCCCCCCCCCCCCCCCCC(=O)OC[C@H](COP(=O)(O)OC[C@@H](O)COP(=O)(O)OC[C@@H](COC(=O)CCCCCCCCCCCCCC)OC(=O)CCCCCCCCCCCCCCCCCC)OC(=O)CCCCCCCCCCCCCCCCCCC(C)C. The average molecular weight is 1550 g/mol. The van der Waals surface area contributed by atoms with Crippen LogP contribution < -0.4 is 0 Å². The number of esters is 4. The number of hydrogen-bond acceptors (Lipinski definition) is 15. The van der Waals surface area contributed by atoms with E-state index >= 15 is 0 Å². The minimum absolute atomic E-state index is 0.109. The lowest BCUT2D eigenvalue weighted by atomic mass is 10.0. The number of hydrogen-bond donors (Lipinski definition) is 3. The number of phosphoric ester groups is 2. The maximum absolute atomic E-state index is 13.2. The van der Waals surface area contributed by atoms with Crippen LogP contribution in [0.5, 0.6) is 0 Å². The summed E-state index contributed by atoms with van der Waals surface area (Å²) in [6.45, 7) is 7.41. The van der Waals surface area contributed by atoms with Crippen LogP contribution in [0.1, 0.15) is 471 Å². The van der Waals surface area contributed by atoms with Crippen molar-refractivity contribution >= 4 is 39.5 Å². The number of rotatable bonds is 87. The summed E-state index contributed by atoms with van der Waals surface area (Å²) in [5.41, 5.74) is 0. The van der Waals surface area contributed by atoms with Gasteiger partial charge in [0.2, 0.25) is 0 Å². The Hall–Kier alpha value is -1.94. The summed E-state index contributed by atoms with van der Waals surface area (Å²) in [6, 6.07) is 0. The smallest absolute Gasteiger partial charge is 0.462 e. The van der Waals surface area contributed by atoms with E-state index < -0.39 is 97.5 Å². The monoisotopic (exact) mass is 1550 g/mol. The number of carbonyl (C=O) groups excluding carboxylic acids is 4. The van der Waals surface area contributed by atoms with Crippen molar-refractivity contribution < 1.29 is 80.2 Å². The maximum Gasteiger partial charge on any atom is 0.472 e. The third kappa shape index (κ3) is 80.1. The van der Waals surface area contributed by atoms with Crippen molar-refractivity contribution in [1.82, 2.24) is 0 Å². The van der Waals surface area contributed by atoms with Gasteiger partial charge in [0.25, 0.3) is 0 Å². The molecular weight excluding hydrogens is 1380 g/mol. The topological polar surface area (TPSA) is 237 Å². The largest absolute Gasteiger partial charge is 0.472 e. The van der Waals surface area contributed by atoms with Gasteiger partial charge in [-0.15, -0.1) is 0 Å². The highest BCUT2D eigenvalue weighted by Gasteiger charge is 2.30. The molecule has 2 unspecified atom stereocenters. The van der Waals surface area contributed by atoms with Gasteiger partial charge in [-0.05, 0) is 31.6 Å². The molecule has 0 rings (SSSR count). The summed E-state index contributed by atoms with van der Waals surface area (Å²) in [5, 5.41) is 10.7. The lowest BCUT2D eigenvalue weighted by Gasteiger charge is -2.21. The molecule has 5 atom stereocenters. The number of carbonyl (C=O) groups is 4. The van der Waals surface area contributed by atoms with E-state index in [1.54, 1.807) is 0 Å². The summed E-state index contributed by atoms with van der Waals surface area (Å²) < 4.78 is 69.0. The Labute approximate surface area is 651 Å². The predicted octanol–water partition coefficient (Wildman–Crippen LogP) is 26.8. The molecule has 0 radical (unpaired) electrons. The van der Waals surface area contributed by atoms with Crippen LogP contribution in [-0.4, -0.2) is 96.7 Å². The van der Waals surface area contributed by atoms with E-state index in [0.29, 0.717) is 25.7 Å². The number of phosphoric acid groups is 2. The van der Waals surface area contributed by atoms with Crippen LogP contribution in [-0.2, 0) is 65.4 Å². The van der Waals surface area contributed by atoms with Gasteiger partial charge >= 0.3 is 39.5 Å². The van der Waals surface area contributed by atoms with Gasteiger partial charge in [-0.3, -0.25) is 37.3 Å². The summed E-state index contributed by atoms with van der Waals surface area (Å²) >= 11 is 0. The highest BCUT2D eigenvalue weighted by Crippen LogP contribution is 2.45. The maximum atomic E-state index is 13.2. The van der Waals surface area contributed by atoms with E-state index in [4.69, 9.17) is 37.0 Å². The third-order valence-electron chi connectivity index (χ3n) is 20.5. The highest BCUT2D eigenvalue weighted by atomic mass is 31.2. The van der Waals surface area contributed by atoms with E-state index in [1.807, 2.05) is 0 Å². The van der Waals surface area contributed by atoms with Crippen molar-refractivity contribution in [2.45, 2.75) is 490 Å².